The summed E-state index contributed by atoms with van der Waals surface area (Å²) in [5, 5.41) is 3.38. The summed E-state index contributed by atoms with van der Waals surface area (Å²) in [6, 6.07) is 8.59. The molecule has 1 aromatic rings. The van der Waals surface area contributed by atoms with E-state index >= 15 is 0 Å². The number of nitrogens with one attached hydrogen (secondary N) is 1. The molecule has 1 spiro atoms. The lowest BCUT2D eigenvalue weighted by Gasteiger charge is -2.39. The molecule has 2 heterocycles. The molecule has 1 saturated carbocycles. The monoisotopic (exact) mass is 364 g/mol. The molecule has 138 valence electrons. The second-order valence-electron chi connectivity index (χ2n) is 7.86. The fraction of sp³-hybridized carbons (Fsp3) is 0.650. The van der Waals surface area contributed by atoms with Gasteiger partial charge in [0.15, 0.2) is 0 Å². The highest BCUT2D eigenvalue weighted by atomic mass is 35.5. The Labute approximate surface area is 156 Å². The molecule has 0 atom stereocenters. The van der Waals surface area contributed by atoms with E-state index < -0.39 is 0 Å². The first kappa shape index (κ1) is 18.7. The maximum atomic E-state index is 13.6. The van der Waals surface area contributed by atoms with Crippen molar-refractivity contribution in [1.29, 1.82) is 0 Å². The highest BCUT2D eigenvalue weighted by Gasteiger charge is 2.50. The van der Waals surface area contributed by atoms with Crippen LogP contribution in [0.3, 0.4) is 0 Å². The first-order valence-corrected chi connectivity index (χ1v) is 9.32. The molecular formula is C20H29ClN2O2. The van der Waals surface area contributed by atoms with E-state index in [9.17, 15) is 4.79 Å². The maximum absolute atomic E-state index is 13.6. The summed E-state index contributed by atoms with van der Waals surface area (Å²) in [7, 11) is 1.72. The van der Waals surface area contributed by atoms with Crippen molar-refractivity contribution >= 4 is 24.0 Å². The number of methoxy groups -OCH3 is 1. The molecule has 1 N–H and O–H groups in total. The smallest absolute Gasteiger partial charge is 0.235 e. The summed E-state index contributed by atoms with van der Waals surface area (Å²) in [6.07, 6.45) is 6.73. The predicted octanol–water partition coefficient (Wildman–Crippen LogP) is 3.28. The van der Waals surface area contributed by atoms with Gasteiger partial charge in [-0.1, -0.05) is 31.0 Å². The Morgan fingerprint density at radius 3 is 2.52 bits per heavy atom. The van der Waals surface area contributed by atoms with Gasteiger partial charge in [-0.3, -0.25) is 4.79 Å². The number of piperidine rings is 1. The third-order valence-electron chi connectivity index (χ3n) is 6.47. The summed E-state index contributed by atoms with van der Waals surface area (Å²) in [5.74, 6) is 0.280. The Balaban J connectivity index is 0.00000182. The van der Waals surface area contributed by atoms with E-state index in [1.807, 2.05) is 0 Å². The predicted molar refractivity (Wildman–Crippen MR) is 103 cm³/mol. The zero-order valence-corrected chi connectivity index (χ0v) is 15.9. The molecule has 0 bridgehead atoms. The van der Waals surface area contributed by atoms with Crippen LogP contribution in [0.2, 0.25) is 0 Å². The summed E-state index contributed by atoms with van der Waals surface area (Å²) >= 11 is 0. The van der Waals surface area contributed by atoms with Crippen molar-refractivity contribution in [3.8, 4) is 0 Å². The van der Waals surface area contributed by atoms with Gasteiger partial charge in [-0.25, -0.2) is 0 Å². The number of hydrogen-bond acceptors (Lipinski definition) is 3. The summed E-state index contributed by atoms with van der Waals surface area (Å²) in [4.78, 5) is 15.7. The van der Waals surface area contributed by atoms with Crippen molar-refractivity contribution < 1.29 is 9.53 Å². The zero-order valence-electron chi connectivity index (χ0n) is 15.1. The number of halogens is 1. The van der Waals surface area contributed by atoms with Crippen LogP contribution in [0.1, 0.15) is 44.1 Å². The summed E-state index contributed by atoms with van der Waals surface area (Å²) < 4.78 is 5.50. The first-order chi connectivity index (χ1) is 11.7. The Bertz CT molecular complexity index is 616. The Morgan fingerprint density at radius 1 is 1.16 bits per heavy atom. The van der Waals surface area contributed by atoms with Crippen LogP contribution >= 0.6 is 12.4 Å². The minimum Gasteiger partial charge on any atom is -0.384 e. The number of anilines is 1. The largest absolute Gasteiger partial charge is 0.384 e. The number of amides is 1. The van der Waals surface area contributed by atoms with Crippen molar-refractivity contribution in [3.63, 3.8) is 0 Å². The molecule has 0 radical (unpaired) electrons. The number of ether oxygens (including phenoxy) is 1. The molecule has 1 amide bonds. The normalized spacial score (nSPS) is 23.3. The van der Waals surface area contributed by atoms with Gasteiger partial charge in [0, 0.05) is 24.8 Å². The lowest BCUT2D eigenvalue weighted by Crippen LogP contribution is -2.52. The molecule has 1 aliphatic carbocycles. The molecule has 4 nitrogen and oxygen atoms in total. The van der Waals surface area contributed by atoms with Crippen molar-refractivity contribution in [1.82, 2.24) is 5.32 Å². The van der Waals surface area contributed by atoms with Gasteiger partial charge < -0.3 is 15.0 Å². The second kappa shape index (κ2) is 7.26. The van der Waals surface area contributed by atoms with E-state index in [1.54, 1.807) is 7.11 Å². The van der Waals surface area contributed by atoms with Crippen molar-refractivity contribution in [3.05, 3.63) is 29.8 Å². The minimum atomic E-state index is -0.364. The minimum absolute atomic E-state index is 0. The molecule has 0 unspecified atom stereocenters. The molecule has 25 heavy (non-hydrogen) atoms. The summed E-state index contributed by atoms with van der Waals surface area (Å²) in [5.41, 5.74) is 2.39. The number of rotatable bonds is 3. The van der Waals surface area contributed by atoms with Crippen LogP contribution in [-0.4, -0.2) is 39.3 Å². The number of fused-ring (bicyclic) bond motifs is 2. The van der Waals surface area contributed by atoms with Crippen LogP contribution in [0.15, 0.2) is 24.3 Å². The van der Waals surface area contributed by atoms with Gasteiger partial charge in [0.05, 0.1) is 12.0 Å². The molecule has 3 aliphatic rings. The second-order valence-corrected chi connectivity index (χ2v) is 7.86. The van der Waals surface area contributed by atoms with Crippen molar-refractivity contribution in [2.24, 2.45) is 5.41 Å². The lowest BCUT2D eigenvalue weighted by molar-refractivity contribution is -0.133. The fourth-order valence-corrected chi connectivity index (χ4v) is 5.18. The van der Waals surface area contributed by atoms with E-state index in [-0.39, 0.29) is 29.1 Å². The first-order valence-electron chi connectivity index (χ1n) is 9.32. The molecule has 0 aromatic heterocycles. The molecule has 1 aromatic carbocycles. The Kier molecular flexibility index (Phi) is 5.42. The highest BCUT2D eigenvalue weighted by molar-refractivity contribution is 6.00. The summed E-state index contributed by atoms with van der Waals surface area (Å²) in [6.45, 7) is 3.19. The molecule has 1 saturated heterocycles. The number of hydrogen-bond donors (Lipinski definition) is 1. The van der Waals surface area contributed by atoms with Gasteiger partial charge in [0.1, 0.15) is 0 Å². The van der Waals surface area contributed by atoms with Gasteiger partial charge in [0.25, 0.3) is 0 Å². The van der Waals surface area contributed by atoms with Gasteiger partial charge in [-0.2, -0.15) is 0 Å². The van der Waals surface area contributed by atoms with Crippen LogP contribution in [0.5, 0.6) is 0 Å². The third-order valence-corrected chi connectivity index (χ3v) is 6.47. The number of carbonyl (C=O) groups is 1. The van der Waals surface area contributed by atoms with Crippen molar-refractivity contribution in [2.45, 2.75) is 43.9 Å². The molecule has 2 fully saturated rings. The standard InChI is InChI=1S/C20H28N2O2.ClH/c1-24-15-20(10-12-21-13-11-20)18(23)22-14-19(8-4-5-9-19)16-6-2-3-7-17(16)22;/h2-3,6-7,21H,4-5,8-15H2,1H3;1H. The zero-order chi connectivity index (χ0) is 16.6. The quantitative estimate of drug-likeness (QED) is 0.894. The number of para-hydroxylation sites is 1. The van der Waals surface area contributed by atoms with Crippen LogP contribution < -0.4 is 10.2 Å². The van der Waals surface area contributed by atoms with E-state index in [0.717, 1.165) is 38.2 Å². The molecule has 2 aliphatic heterocycles. The Hall–Kier alpha value is -1.10. The average molecular weight is 365 g/mol. The van der Waals surface area contributed by atoms with Gasteiger partial charge in [-0.15, -0.1) is 12.4 Å². The van der Waals surface area contributed by atoms with Crippen LogP contribution in [0.4, 0.5) is 5.69 Å². The van der Waals surface area contributed by atoms with Crippen LogP contribution in [0.25, 0.3) is 0 Å². The SMILES string of the molecule is COCC1(C(=O)N2CC3(CCCC3)c3ccccc32)CCNCC1.Cl. The molecule has 4 rings (SSSR count). The number of nitrogens with zero attached hydrogens (tertiary/aromatic N) is 1. The number of carbonyl (C=O) groups excluding carboxylic acids is 1. The Morgan fingerprint density at radius 2 is 1.84 bits per heavy atom. The molecule has 5 heteroatoms. The number of benzene rings is 1. The van der Waals surface area contributed by atoms with Crippen molar-refractivity contribution in [2.75, 3.05) is 38.3 Å². The van der Waals surface area contributed by atoms with Gasteiger partial charge >= 0.3 is 0 Å². The third kappa shape index (κ3) is 2.98. The topological polar surface area (TPSA) is 41.6 Å². The molecular weight excluding hydrogens is 336 g/mol. The lowest BCUT2D eigenvalue weighted by atomic mass is 9.78. The average Bonchev–Trinajstić information content (AvgIpc) is 3.22. The van der Waals surface area contributed by atoms with E-state index in [1.165, 1.54) is 31.2 Å². The van der Waals surface area contributed by atoms with E-state index in [0.29, 0.717) is 6.61 Å². The maximum Gasteiger partial charge on any atom is 0.235 e. The van der Waals surface area contributed by atoms with Crippen LogP contribution in [-0.2, 0) is 14.9 Å². The highest BCUT2D eigenvalue weighted by Crippen LogP contribution is 2.51. The van der Waals surface area contributed by atoms with Gasteiger partial charge in [0.2, 0.25) is 5.91 Å². The van der Waals surface area contributed by atoms with Gasteiger partial charge in [-0.05, 0) is 50.4 Å². The van der Waals surface area contributed by atoms with E-state index in [4.69, 9.17) is 4.74 Å². The van der Waals surface area contributed by atoms with Crippen LogP contribution in [0, 0.1) is 5.41 Å². The fourth-order valence-electron chi connectivity index (χ4n) is 5.18. The van der Waals surface area contributed by atoms with E-state index in [2.05, 4.69) is 34.5 Å².